The van der Waals surface area contributed by atoms with Crippen LogP contribution in [-0.4, -0.2) is 62.9 Å². The van der Waals surface area contributed by atoms with Gasteiger partial charge < -0.3 is 20.6 Å². The second kappa shape index (κ2) is 6.29. The van der Waals surface area contributed by atoms with Gasteiger partial charge in [-0.25, -0.2) is 0 Å². The average Bonchev–Trinajstić information content (AvgIpc) is 3.12. The summed E-state index contributed by atoms with van der Waals surface area (Å²) in [5.41, 5.74) is 2.12. The maximum atomic E-state index is 12.2. The lowest BCUT2D eigenvalue weighted by Crippen LogP contribution is -2.62. The fourth-order valence-electron chi connectivity index (χ4n) is 3.28. The van der Waals surface area contributed by atoms with Crippen LogP contribution in [0.2, 0.25) is 0 Å². The molecule has 2 amide bonds. The van der Waals surface area contributed by atoms with Gasteiger partial charge in [0.15, 0.2) is 0 Å². The quantitative estimate of drug-likeness (QED) is 0.630. The van der Waals surface area contributed by atoms with Gasteiger partial charge in [0.05, 0.1) is 12.3 Å². The van der Waals surface area contributed by atoms with Crippen LogP contribution in [0.5, 0.6) is 0 Å². The average molecular weight is 321 g/mol. The van der Waals surface area contributed by atoms with Crippen LogP contribution in [-0.2, 0) is 22.7 Å². The maximum Gasteiger partial charge on any atom is 0.248 e. The number of nitrogens with zero attached hydrogens (tertiary/aromatic N) is 3. The first kappa shape index (κ1) is 15.9. The van der Waals surface area contributed by atoms with E-state index in [1.807, 2.05) is 24.7 Å². The van der Waals surface area contributed by atoms with E-state index in [-0.39, 0.29) is 24.5 Å². The highest BCUT2D eigenvalue weighted by atomic mass is 16.3. The topological polar surface area (TPSA) is 99.5 Å². The lowest BCUT2D eigenvalue weighted by Gasteiger charge is -2.33. The first-order chi connectivity index (χ1) is 11.0. The van der Waals surface area contributed by atoms with E-state index in [2.05, 4.69) is 15.7 Å². The van der Waals surface area contributed by atoms with Crippen molar-refractivity contribution in [1.82, 2.24) is 25.3 Å². The van der Waals surface area contributed by atoms with Crippen LogP contribution in [0.1, 0.15) is 24.6 Å². The van der Waals surface area contributed by atoms with Crippen molar-refractivity contribution < 1.29 is 14.7 Å². The smallest absolute Gasteiger partial charge is 0.248 e. The SMILES string of the molecule is CCn1cc(CN[C@H]2C[C@H]3C(=O)N[C@@H](CO)C(=O)N3C2)c(C)n1. The Morgan fingerprint density at radius 2 is 2.26 bits per heavy atom. The van der Waals surface area contributed by atoms with Gasteiger partial charge in [-0.3, -0.25) is 14.3 Å². The first-order valence-electron chi connectivity index (χ1n) is 8.01. The molecule has 2 fully saturated rings. The molecular weight excluding hydrogens is 298 g/mol. The molecule has 8 nitrogen and oxygen atoms in total. The van der Waals surface area contributed by atoms with Gasteiger partial charge in [0.2, 0.25) is 11.8 Å². The minimum absolute atomic E-state index is 0.0662. The number of carbonyl (C=O) groups is 2. The highest BCUT2D eigenvalue weighted by Crippen LogP contribution is 2.23. The Kier molecular flexibility index (Phi) is 4.36. The van der Waals surface area contributed by atoms with Crippen molar-refractivity contribution in [3.8, 4) is 0 Å². The predicted molar refractivity (Wildman–Crippen MR) is 82.4 cm³/mol. The lowest BCUT2D eigenvalue weighted by atomic mass is 10.1. The third-order valence-electron chi connectivity index (χ3n) is 4.64. The maximum absolute atomic E-state index is 12.2. The molecule has 3 N–H and O–H groups in total. The predicted octanol–water partition coefficient (Wildman–Crippen LogP) is -1.24. The molecule has 3 rings (SSSR count). The summed E-state index contributed by atoms with van der Waals surface area (Å²) in [4.78, 5) is 25.8. The molecule has 1 aromatic heterocycles. The number of hydrogen-bond acceptors (Lipinski definition) is 5. The van der Waals surface area contributed by atoms with E-state index in [0.29, 0.717) is 19.5 Å². The van der Waals surface area contributed by atoms with Crippen molar-refractivity contribution in [2.45, 2.75) is 51.5 Å². The van der Waals surface area contributed by atoms with Gasteiger partial charge in [-0.15, -0.1) is 0 Å². The fraction of sp³-hybridized carbons (Fsp3) is 0.667. The van der Waals surface area contributed by atoms with Crippen molar-refractivity contribution >= 4 is 11.8 Å². The Bertz CT molecular complexity index is 614. The van der Waals surface area contributed by atoms with Crippen LogP contribution in [0.4, 0.5) is 0 Å². The van der Waals surface area contributed by atoms with Crippen molar-refractivity contribution in [2.24, 2.45) is 0 Å². The molecule has 0 radical (unpaired) electrons. The van der Waals surface area contributed by atoms with Gasteiger partial charge >= 0.3 is 0 Å². The lowest BCUT2D eigenvalue weighted by molar-refractivity contribution is -0.148. The summed E-state index contributed by atoms with van der Waals surface area (Å²) in [5.74, 6) is -0.376. The molecule has 0 saturated carbocycles. The molecule has 8 heteroatoms. The van der Waals surface area contributed by atoms with E-state index in [0.717, 1.165) is 17.8 Å². The number of piperazine rings is 1. The number of aliphatic hydroxyl groups excluding tert-OH is 1. The Morgan fingerprint density at radius 1 is 1.48 bits per heavy atom. The van der Waals surface area contributed by atoms with Crippen LogP contribution >= 0.6 is 0 Å². The van der Waals surface area contributed by atoms with Crippen molar-refractivity contribution in [2.75, 3.05) is 13.2 Å². The summed E-state index contributed by atoms with van der Waals surface area (Å²) in [6, 6.07) is -1.17. The molecular formula is C15H23N5O3. The highest BCUT2D eigenvalue weighted by molar-refractivity contribution is 5.97. The zero-order valence-corrected chi connectivity index (χ0v) is 13.5. The first-order valence-corrected chi connectivity index (χ1v) is 8.01. The summed E-state index contributed by atoms with van der Waals surface area (Å²) < 4.78 is 1.90. The van der Waals surface area contributed by atoms with Gasteiger partial charge in [0.1, 0.15) is 12.1 Å². The third kappa shape index (κ3) is 2.96. The number of aromatic nitrogens is 2. The van der Waals surface area contributed by atoms with Crippen molar-refractivity contribution in [3.05, 3.63) is 17.5 Å². The minimum atomic E-state index is -0.803. The normalized spacial score (nSPS) is 27.3. The molecule has 3 heterocycles. The van der Waals surface area contributed by atoms with Gasteiger partial charge in [-0.2, -0.15) is 5.10 Å². The number of fused-ring (bicyclic) bond motifs is 1. The van der Waals surface area contributed by atoms with Crippen LogP contribution in [0.15, 0.2) is 6.20 Å². The fourth-order valence-corrected chi connectivity index (χ4v) is 3.28. The second-order valence-electron chi connectivity index (χ2n) is 6.16. The van der Waals surface area contributed by atoms with E-state index in [9.17, 15) is 14.7 Å². The van der Waals surface area contributed by atoms with Gasteiger partial charge in [0.25, 0.3) is 0 Å². The highest BCUT2D eigenvalue weighted by Gasteiger charge is 2.46. The van der Waals surface area contributed by atoms with E-state index in [1.165, 1.54) is 0 Å². The zero-order chi connectivity index (χ0) is 16.6. The molecule has 2 aliphatic rings. The molecule has 0 aromatic carbocycles. The number of aliphatic hydroxyl groups is 1. The Morgan fingerprint density at radius 3 is 2.91 bits per heavy atom. The second-order valence-corrected chi connectivity index (χ2v) is 6.16. The molecule has 3 atom stereocenters. The van der Waals surface area contributed by atoms with Crippen LogP contribution in [0, 0.1) is 6.92 Å². The molecule has 0 bridgehead atoms. The third-order valence-corrected chi connectivity index (χ3v) is 4.64. The number of rotatable bonds is 5. The monoisotopic (exact) mass is 321 g/mol. The largest absolute Gasteiger partial charge is 0.394 e. The molecule has 0 aliphatic carbocycles. The molecule has 23 heavy (non-hydrogen) atoms. The Balaban J connectivity index is 1.62. The summed E-state index contributed by atoms with van der Waals surface area (Å²) in [7, 11) is 0. The van der Waals surface area contributed by atoms with Crippen molar-refractivity contribution in [3.63, 3.8) is 0 Å². The van der Waals surface area contributed by atoms with Crippen molar-refractivity contribution in [1.29, 1.82) is 0 Å². The van der Waals surface area contributed by atoms with Crippen LogP contribution < -0.4 is 10.6 Å². The van der Waals surface area contributed by atoms with E-state index in [4.69, 9.17) is 0 Å². The molecule has 0 unspecified atom stereocenters. The summed E-state index contributed by atoms with van der Waals surface area (Å²) in [6.07, 6.45) is 2.61. The minimum Gasteiger partial charge on any atom is -0.394 e. The van der Waals surface area contributed by atoms with Gasteiger partial charge in [-0.05, 0) is 20.3 Å². The van der Waals surface area contributed by atoms with E-state index < -0.39 is 12.1 Å². The number of hydrogen-bond donors (Lipinski definition) is 3. The number of amides is 2. The molecule has 2 aliphatic heterocycles. The van der Waals surface area contributed by atoms with Crippen LogP contribution in [0.25, 0.3) is 0 Å². The van der Waals surface area contributed by atoms with Crippen LogP contribution in [0.3, 0.4) is 0 Å². The molecule has 126 valence electrons. The summed E-state index contributed by atoms with van der Waals surface area (Å²) in [5, 5.41) is 19.6. The Hall–Kier alpha value is -1.93. The number of carbonyl (C=O) groups excluding carboxylic acids is 2. The summed E-state index contributed by atoms with van der Waals surface area (Å²) in [6.45, 7) is 5.65. The zero-order valence-electron chi connectivity index (χ0n) is 13.5. The van der Waals surface area contributed by atoms with E-state index in [1.54, 1.807) is 4.90 Å². The number of nitrogens with one attached hydrogen (secondary N) is 2. The number of aryl methyl sites for hydroxylation is 2. The van der Waals surface area contributed by atoms with E-state index >= 15 is 0 Å². The van der Waals surface area contributed by atoms with Gasteiger partial charge in [0, 0.05) is 37.4 Å². The Labute approximate surface area is 134 Å². The van der Waals surface area contributed by atoms with Gasteiger partial charge in [-0.1, -0.05) is 0 Å². The molecule has 0 spiro atoms. The molecule has 2 saturated heterocycles. The standard InChI is InChI=1S/C15H23N5O3/c1-3-19-6-10(9(2)18-19)5-16-11-4-13-14(22)17-12(8-21)15(23)20(13)7-11/h6,11-13,16,21H,3-5,7-8H2,1-2H3,(H,17,22)/t11-,12-,13-/m0/s1. The molecule has 1 aromatic rings. The summed E-state index contributed by atoms with van der Waals surface area (Å²) >= 11 is 0.